The highest BCUT2D eigenvalue weighted by Gasteiger charge is 2.51. The molecule has 0 saturated carbocycles. The number of carbonyl (C=O) groups is 2. The van der Waals surface area contributed by atoms with Gasteiger partial charge in [-0.15, -0.1) is 5.10 Å². The van der Waals surface area contributed by atoms with Gasteiger partial charge in [-0.2, -0.15) is 0 Å². The summed E-state index contributed by atoms with van der Waals surface area (Å²) in [5, 5.41) is 8.91. The molecule has 11 heteroatoms. The third-order valence-electron chi connectivity index (χ3n) is 5.31. The van der Waals surface area contributed by atoms with Gasteiger partial charge >= 0.3 is 0 Å². The number of hydrogen-bond acceptors (Lipinski definition) is 7. The van der Waals surface area contributed by atoms with Crippen LogP contribution >= 0.6 is 11.8 Å². The van der Waals surface area contributed by atoms with Crippen LogP contribution in [0.4, 0.5) is 0 Å². The molecule has 1 unspecified atom stereocenters. The van der Waals surface area contributed by atoms with Crippen molar-refractivity contribution in [3.05, 3.63) is 35.9 Å². The molecule has 1 aromatic carbocycles. The molecular weight excluding hydrogens is 486 g/mol. The van der Waals surface area contributed by atoms with Crippen LogP contribution in [0.25, 0.3) is 0 Å². The van der Waals surface area contributed by atoms with E-state index in [4.69, 9.17) is 0 Å². The highest BCUT2D eigenvalue weighted by molar-refractivity contribution is 8.14. The van der Waals surface area contributed by atoms with E-state index in [0.717, 1.165) is 0 Å². The van der Waals surface area contributed by atoms with E-state index < -0.39 is 25.7 Å². The lowest BCUT2D eigenvalue weighted by Crippen LogP contribution is -2.52. The highest BCUT2D eigenvalue weighted by atomic mass is 32.2. The number of hydrogen-bond donors (Lipinski definition) is 2. The summed E-state index contributed by atoms with van der Waals surface area (Å²) in [6.07, 6.45) is 0.474. The first-order valence-electron chi connectivity index (χ1n) is 11.6. The zero-order chi connectivity index (χ0) is 26.7. The van der Waals surface area contributed by atoms with Gasteiger partial charge in [0, 0.05) is 10.8 Å². The van der Waals surface area contributed by atoms with Crippen LogP contribution in [0, 0.1) is 10.8 Å². The average molecular weight is 526 g/mol. The van der Waals surface area contributed by atoms with Crippen LogP contribution in [0.5, 0.6) is 0 Å². The monoisotopic (exact) mass is 525 g/mol. The Hall–Kier alpha value is -1.95. The van der Waals surface area contributed by atoms with E-state index >= 15 is 0 Å². The van der Waals surface area contributed by atoms with E-state index in [1.54, 1.807) is 41.5 Å². The first-order chi connectivity index (χ1) is 16.0. The van der Waals surface area contributed by atoms with Crippen molar-refractivity contribution < 1.29 is 18.0 Å². The summed E-state index contributed by atoms with van der Waals surface area (Å²) in [4.78, 5) is 27.0. The molecule has 35 heavy (non-hydrogen) atoms. The molecule has 0 aromatic heterocycles. The van der Waals surface area contributed by atoms with E-state index in [1.807, 2.05) is 49.3 Å². The van der Waals surface area contributed by atoms with Gasteiger partial charge in [0.25, 0.3) is 0 Å². The summed E-state index contributed by atoms with van der Waals surface area (Å²) in [5.41, 5.74) is -0.770. The number of amides is 2. The molecule has 196 valence electrons. The Bertz CT molecular complexity index is 1040. The van der Waals surface area contributed by atoms with Crippen LogP contribution in [0.2, 0.25) is 0 Å². The van der Waals surface area contributed by atoms with Crippen LogP contribution in [-0.4, -0.2) is 68.2 Å². The van der Waals surface area contributed by atoms with Crippen molar-refractivity contribution in [3.63, 3.8) is 0 Å². The minimum atomic E-state index is -3.63. The van der Waals surface area contributed by atoms with Crippen molar-refractivity contribution in [1.29, 1.82) is 0 Å². The van der Waals surface area contributed by atoms with E-state index in [-0.39, 0.29) is 29.3 Å². The number of rotatable bonds is 8. The highest BCUT2D eigenvalue weighted by Crippen LogP contribution is 2.46. The molecule has 1 aromatic rings. The minimum Gasteiger partial charge on any atom is -0.309 e. The summed E-state index contributed by atoms with van der Waals surface area (Å²) < 4.78 is 28.4. The zero-order valence-corrected chi connectivity index (χ0v) is 23.6. The molecular formula is C24H39N5O4S2. The summed E-state index contributed by atoms with van der Waals surface area (Å²) in [6, 6.07) is 9.17. The zero-order valence-electron chi connectivity index (χ0n) is 22.0. The van der Waals surface area contributed by atoms with E-state index in [0.29, 0.717) is 18.5 Å². The number of amidine groups is 1. The van der Waals surface area contributed by atoms with Crippen LogP contribution in [0.15, 0.2) is 35.4 Å². The molecule has 2 rings (SSSR count). The van der Waals surface area contributed by atoms with Crippen molar-refractivity contribution in [2.24, 2.45) is 15.9 Å². The largest absolute Gasteiger partial charge is 0.309 e. The molecule has 0 bridgehead atoms. The molecule has 0 saturated heterocycles. The lowest BCUT2D eigenvalue weighted by molar-refractivity contribution is -0.143. The fourth-order valence-electron chi connectivity index (χ4n) is 3.20. The summed E-state index contributed by atoms with van der Waals surface area (Å²) >= 11 is 1.17. The maximum atomic E-state index is 13.6. The molecule has 0 spiro atoms. The third-order valence-corrected chi connectivity index (χ3v) is 7.99. The molecule has 0 aliphatic carbocycles. The fourth-order valence-corrected chi connectivity index (χ4v) is 5.57. The lowest BCUT2D eigenvalue weighted by atomic mass is 9.93. The van der Waals surface area contributed by atoms with Gasteiger partial charge in [-0.05, 0) is 44.4 Å². The topological polar surface area (TPSA) is 111 Å². The SMILES string of the molecule is CN(C)CCCS(=O)(=O)NCC1(c2ccccc2)SC(NC(=O)C(C)(C)C)=NN1C(=O)C(C)(C)C. The average Bonchev–Trinajstić information content (AvgIpc) is 3.10. The van der Waals surface area contributed by atoms with Crippen molar-refractivity contribution >= 4 is 38.8 Å². The number of thioether (sulfide) groups is 1. The second-order valence-electron chi connectivity index (χ2n) is 11.0. The van der Waals surface area contributed by atoms with E-state index in [1.165, 1.54) is 16.8 Å². The van der Waals surface area contributed by atoms with Crippen molar-refractivity contribution in [2.45, 2.75) is 52.8 Å². The maximum absolute atomic E-state index is 13.6. The molecule has 9 nitrogen and oxygen atoms in total. The standard InChI is InChI=1S/C24H39N5O4S2/c1-22(2,3)19(30)26-21-27-29(20(31)23(4,5)6)24(34-21,18-13-10-9-11-14-18)17-25-35(32,33)16-12-15-28(7)8/h9-11,13-14,25H,12,15-17H2,1-8H3,(H,26,27,30). The normalized spacial score (nSPS) is 19.1. The Balaban J connectivity index is 2.48. The first-order valence-corrected chi connectivity index (χ1v) is 14.1. The third kappa shape index (κ3) is 7.77. The van der Waals surface area contributed by atoms with Crippen LogP contribution in [0.1, 0.15) is 53.5 Å². The maximum Gasteiger partial charge on any atom is 0.249 e. The van der Waals surface area contributed by atoms with Crippen molar-refractivity contribution in [1.82, 2.24) is 19.9 Å². The number of benzene rings is 1. The van der Waals surface area contributed by atoms with Crippen LogP contribution < -0.4 is 10.0 Å². The summed E-state index contributed by atoms with van der Waals surface area (Å²) in [7, 11) is 0.153. The van der Waals surface area contributed by atoms with E-state index in [2.05, 4.69) is 15.1 Å². The van der Waals surface area contributed by atoms with Gasteiger partial charge < -0.3 is 10.2 Å². The molecule has 1 heterocycles. The second kappa shape index (κ2) is 11.0. The number of nitrogens with one attached hydrogen (secondary N) is 2. The van der Waals surface area contributed by atoms with Gasteiger partial charge in [0.1, 0.15) is 0 Å². The van der Waals surface area contributed by atoms with Gasteiger partial charge in [-0.1, -0.05) is 71.9 Å². The van der Waals surface area contributed by atoms with Gasteiger partial charge in [0.15, 0.2) is 10.0 Å². The Morgan fingerprint density at radius 2 is 1.66 bits per heavy atom. The summed E-state index contributed by atoms with van der Waals surface area (Å²) in [6.45, 7) is 11.2. The Kier molecular flexibility index (Phi) is 9.19. The Morgan fingerprint density at radius 3 is 2.17 bits per heavy atom. The van der Waals surface area contributed by atoms with Gasteiger partial charge in [-0.25, -0.2) is 18.1 Å². The molecule has 2 amide bonds. The van der Waals surface area contributed by atoms with Gasteiger partial charge in [-0.3, -0.25) is 9.59 Å². The molecule has 0 fully saturated rings. The number of sulfonamides is 1. The molecule has 1 aliphatic heterocycles. The van der Waals surface area contributed by atoms with Crippen molar-refractivity contribution in [2.75, 3.05) is 32.9 Å². The summed E-state index contributed by atoms with van der Waals surface area (Å²) in [5.74, 6) is -0.580. The van der Waals surface area contributed by atoms with E-state index in [9.17, 15) is 18.0 Å². The van der Waals surface area contributed by atoms with Gasteiger partial charge in [0.05, 0.1) is 12.3 Å². The predicted molar refractivity (Wildman–Crippen MR) is 142 cm³/mol. The number of nitrogens with zero attached hydrogens (tertiary/aromatic N) is 3. The number of hydrazone groups is 1. The van der Waals surface area contributed by atoms with Crippen molar-refractivity contribution in [3.8, 4) is 0 Å². The lowest BCUT2D eigenvalue weighted by Gasteiger charge is -2.38. The predicted octanol–water partition coefficient (Wildman–Crippen LogP) is 2.77. The molecule has 0 radical (unpaired) electrons. The Labute approximate surface area is 214 Å². The van der Waals surface area contributed by atoms with Gasteiger partial charge in [0.2, 0.25) is 21.8 Å². The first kappa shape index (κ1) is 29.3. The second-order valence-corrected chi connectivity index (χ2v) is 14.2. The number of carbonyl (C=O) groups excluding carboxylic acids is 2. The Morgan fingerprint density at radius 1 is 1.06 bits per heavy atom. The molecule has 2 N–H and O–H groups in total. The fraction of sp³-hybridized carbons (Fsp3) is 0.625. The van der Waals surface area contributed by atoms with Crippen LogP contribution in [0.3, 0.4) is 0 Å². The quantitative estimate of drug-likeness (QED) is 0.540. The molecule has 1 aliphatic rings. The van der Waals surface area contributed by atoms with Crippen LogP contribution in [-0.2, 0) is 24.5 Å². The smallest absolute Gasteiger partial charge is 0.249 e. The molecule has 1 atom stereocenters. The minimum absolute atomic E-state index is 0.0393.